The Balaban J connectivity index is 2.32. The zero-order valence-electron chi connectivity index (χ0n) is 13.0. The molecule has 2 rings (SSSR count). The fourth-order valence-electron chi connectivity index (χ4n) is 2.12. The van der Waals surface area contributed by atoms with Crippen molar-refractivity contribution in [2.24, 2.45) is 0 Å². The first kappa shape index (κ1) is 15.8. The van der Waals surface area contributed by atoms with E-state index in [4.69, 9.17) is 4.74 Å². The summed E-state index contributed by atoms with van der Waals surface area (Å²) < 4.78 is 5.83. The number of hydrogen-bond donors (Lipinski definition) is 0. The predicted molar refractivity (Wildman–Crippen MR) is 89.4 cm³/mol. The van der Waals surface area contributed by atoms with Gasteiger partial charge < -0.3 is 9.64 Å². The lowest BCUT2D eigenvalue weighted by molar-refractivity contribution is -0.128. The lowest BCUT2D eigenvalue weighted by Crippen LogP contribution is -2.33. The molecular weight excluding hydrogens is 274 g/mol. The van der Waals surface area contributed by atoms with E-state index in [0.717, 1.165) is 5.56 Å². The zero-order valence-corrected chi connectivity index (χ0v) is 13.0. The average molecular weight is 295 g/mol. The van der Waals surface area contributed by atoms with E-state index in [2.05, 4.69) is 0 Å². The Kier molecular flexibility index (Phi) is 5.78. The summed E-state index contributed by atoms with van der Waals surface area (Å²) in [5.74, 6) is 0.893. The Hall–Kier alpha value is -2.55. The van der Waals surface area contributed by atoms with Crippen molar-refractivity contribution in [1.29, 1.82) is 0 Å². The summed E-state index contributed by atoms with van der Waals surface area (Å²) in [5.41, 5.74) is 0.939. The molecule has 0 saturated carbocycles. The Labute approximate surface area is 131 Å². The van der Waals surface area contributed by atoms with Crippen LogP contribution in [0.1, 0.15) is 19.4 Å². The molecule has 1 amide bonds. The number of rotatable bonds is 6. The second kappa shape index (κ2) is 8.03. The minimum Gasteiger partial charge on any atom is -0.452 e. The van der Waals surface area contributed by atoms with Crippen LogP contribution in [0.2, 0.25) is 0 Å². The van der Waals surface area contributed by atoms with Crippen molar-refractivity contribution in [2.75, 3.05) is 13.1 Å². The predicted octanol–water partition coefficient (Wildman–Crippen LogP) is 3.97. The van der Waals surface area contributed by atoms with E-state index in [1.54, 1.807) is 11.0 Å². The Morgan fingerprint density at radius 1 is 0.955 bits per heavy atom. The van der Waals surface area contributed by atoms with Gasteiger partial charge in [0.15, 0.2) is 5.76 Å². The molecule has 0 fully saturated rings. The van der Waals surface area contributed by atoms with Gasteiger partial charge in [-0.15, -0.1) is 0 Å². The van der Waals surface area contributed by atoms with Crippen LogP contribution in [0.5, 0.6) is 5.75 Å². The number of nitrogens with zero attached hydrogens (tertiary/aromatic N) is 1. The summed E-state index contributed by atoms with van der Waals surface area (Å²) in [5, 5.41) is 0. The molecule has 2 aromatic rings. The van der Waals surface area contributed by atoms with Crippen LogP contribution in [0.15, 0.2) is 66.4 Å². The third kappa shape index (κ3) is 4.22. The highest BCUT2D eigenvalue weighted by molar-refractivity contribution is 5.96. The molecule has 0 atom stereocenters. The van der Waals surface area contributed by atoms with E-state index < -0.39 is 0 Å². The molecule has 2 aromatic carbocycles. The van der Waals surface area contributed by atoms with Gasteiger partial charge in [-0.05, 0) is 37.6 Å². The van der Waals surface area contributed by atoms with Crippen molar-refractivity contribution >= 4 is 12.0 Å². The molecule has 114 valence electrons. The molecule has 0 aliphatic rings. The smallest absolute Gasteiger partial charge is 0.289 e. The highest BCUT2D eigenvalue weighted by atomic mass is 16.5. The van der Waals surface area contributed by atoms with Crippen LogP contribution >= 0.6 is 0 Å². The van der Waals surface area contributed by atoms with E-state index in [1.807, 2.05) is 74.5 Å². The standard InChI is InChI=1S/C19H21NO2/c1-3-20(4-2)19(21)18(15-16-11-7-5-8-12-16)22-17-13-9-6-10-14-17/h5-15H,3-4H2,1-2H3. The van der Waals surface area contributed by atoms with Crippen LogP contribution in [0.4, 0.5) is 0 Å². The van der Waals surface area contributed by atoms with Gasteiger partial charge in [-0.25, -0.2) is 0 Å². The molecule has 0 saturated heterocycles. The molecule has 3 heteroatoms. The Morgan fingerprint density at radius 2 is 1.50 bits per heavy atom. The van der Waals surface area contributed by atoms with Crippen molar-refractivity contribution in [3.63, 3.8) is 0 Å². The number of benzene rings is 2. The molecule has 22 heavy (non-hydrogen) atoms. The van der Waals surface area contributed by atoms with Crippen LogP contribution < -0.4 is 4.74 Å². The van der Waals surface area contributed by atoms with Gasteiger partial charge in [-0.3, -0.25) is 4.79 Å². The molecule has 0 unspecified atom stereocenters. The lowest BCUT2D eigenvalue weighted by Gasteiger charge is -2.20. The zero-order chi connectivity index (χ0) is 15.8. The van der Waals surface area contributed by atoms with Gasteiger partial charge in [0.25, 0.3) is 5.91 Å². The number of ether oxygens (including phenoxy) is 1. The van der Waals surface area contributed by atoms with Crippen molar-refractivity contribution < 1.29 is 9.53 Å². The van der Waals surface area contributed by atoms with E-state index in [1.165, 1.54) is 0 Å². The van der Waals surface area contributed by atoms with Crippen molar-refractivity contribution in [1.82, 2.24) is 4.90 Å². The van der Waals surface area contributed by atoms with Gasteiger partial charge in [-0.2, -0.15) is 0 Å². The number of carbonyl (C=O) groups is 1. The normalized spacial score (nSPS) is 11.1. The molecule has 0 spiro atoms. The van der Waals surface area contributed by atoms with E-state index in [0.29, 0.717) is 24.6 Å². The molecule has 0 aliphatic carbocycles. The van der Waals surface area contributed by atoms with E-state index >= 15 is 0 Å². The summed E-state index contributed by atoms with van der Waals surface area (Å²) in [6.45, 7) is 5.23. The first-order chi connectivity index (χ1) is 10.7. The third-order valence-electron chi connectivity index (χ3n) is 3.33. The fraction of sp³-hybridized carbons (Fsp3) is 0.211. The van der Waals surface area contributed by atoms with Crippen molar-refractivity contribution in [3.8, 4) is 5.75 Å². The van der Waals surface area contributed by atoms with Crippen LogP contribution in [0.25, 0.3) is 6.08 Å². The Morgan fingerprint density at radius 3 is 2.05 bits per heavy atom. The minimum atomic E-state index is -0.0993. The second-order valence-electron chi connectivity index (χ2n) is 4.81. The highest BCUT2D eigenvalue weighted by Crippen LogP contribution is 2.17. The van der Waals surface area contributed by atoms with Crippen molar-refractivity contribution in [2.45, 2.75) is 13.8 Å². The second-order valence-corrected chi connectivity index (χ2v) is 4.81. The van der Waals surface area contributed by atoms with Gasteiger partial charge in [0, 0.05) is 13.1 Å². The van der Waals surface area contributed by atoms with Gasteiger partial charge in [-0.1, -0.05) is 48.5 Å². The number of hydrogen-bond acceptors (Lipinski definition) is 2. The molecule has 3 nitrogen and oxygen atoms in total. The van der Waals surface area contributed by atoms with Gasteiger partial charge in [0.1, 0.15) is 5.75 Å². The number of para-hydroxylation sites is 1. The molecular formula is C19H21NO2. The molecule has 0 heterocycles. The largest absolute Gasteiger partial charge is 0.452 e. The maximum atomic E-state index is 12.6. The topological polar surface area (TPSA) is 29.5 Å². The van der Waals surface area contributed by atoms with Crippen LogP contribution in [0.3, 0.4) is 0 Å². The van der Waals surface area contributed by atoms with Gasteiger partial charge >= 0.3 is 0 Å². The SMILES string of the molecule is CCN(CC)C(=O)C(=Cc1ccccc1)Oc1ccccc1. The maximum Gasteiger partial charge on any atom is 0.289 e. The number of likely N-dealkylation sites (N-methyl/N-ethyl adjacent to an activating group) is 1. The Bertz CT molecular complexity index is 616. The first-order valence-electron chi connectivity index (χ1n) is 7.53. The van der Waals surface area contributed by atoms with Gasteiger partial charge in [0.05, 0.1) is 0 Å². The molecule has 0 aromatic heterocycles. The molecule has 0 aliphatic heterocycles. The monoisotopic (exact) mass is 295 g/mol. The van der Waals surface area contributed by atoms with Crippen molar-refractivity contribution in [3.05, 3.63) is 72.0 Å². The summed E-state index contributed by atoms with van der Waals surface area (Å²) >= 11 is 0. The maximum absolute atomic E-state index is 12.6. The van der Waals surface area contributed by atoms with Crippen LogP contribution in [-0.2, 0) is 4.79 Å². The van der Waals surface area contributed by atoms with Gasteiger partial charge in [0.2, 0.25) is 0 Å². The lowest BCUT2D eigenvalue weighted by atomic mass is 10.2. The number of carbonyl (C=O) groups excluding carboxylic acids is 1. The average Bonchev–Trinajstić information content (AvgIpc) is 2.57. The molecule has 0 bridgehead atoms. The summed E-state index contributed by atoms with van der Waals surface area (Å²) in [7, 11) is 0. The summed E-state index contributed by atoms with van der Waals surface area (Å²) in [4.78, 5) is 14.4. The van der Waals surface area contributed by atoms with Crippen LogP contribution in [0, 0.1) is 0 Å². The number of amides is 1. The summed E-state index contributed by atoms with van der Waals surface area (Å²) in [6.07, 6.45) is 1.79. The molecule has 0 radical (unpaired) electrons. The quantitative estimate of drug-likeness (QED) is 0.596. The van der Waals surface area contributed by atoms with Crippen LogP contribution in [-0.4, -0.2) is 23.9 Å². The highest BCUT2D eigenvalue weighted by Gasteiger charge is 2.18. The summed E-state index contributed by atoms with van der Waals surface area (Å²) in [6, 6.07) is 19.1. The van der Waals surface area contributed by atoms with E-state index in [9.17, 15) is 4.79 Å². The first-order valence-corrected chi connectivity index (χ1v) is 7.53. The molecule has 0 N–H and O–H groups in total. The fourth-order valence-corrected chi connectivity index (χ4v) is 2.12. The third-order valence-corrected chi connectivity index (χ3v) is 3.33. The van der Waals surface area contributed by atoms with E-state index in [-0.39, 0.29) is 5.91 Å². The minimum absolute atomic E-state index is 0.0993.